The summed E-state index contributed by atoms with van der Waals surface area (Å²) in [7, 11) is 0. The van der Waals surface area contributed by atoms with Crippen molar-refractivity contribution in [3.63, 3.8) is 0 Å². The maximum atomic E-state index is 1.64. The van der Waals surface area contributed by atoms with Gasteiger partial charge in [-0.15, -0.1) is 0 Å². The first kappa shape index (κ1) is 8.16. The summed E-state index contributed by atoms with van der Waals surface area (Å²) < 4.78 is 2.65. The molecule has 0 nitrogen and oxygen atoms in total. The Balaban J connectivity index is 1.71. The van der Waals surface area contributed by atoms with E-state index in [1.54, 1.807) is 51.4 Å². The normalized spacial score (nSPS) is 28.4. The van der Waals surface area contributed by atoms with Gasteiger partial charge in [0.15, 0.2) is 0 Å². The van der Waals surface area contributed by atoms with Crippen molar-refractivity contribution in [3.05, 3.63) is 0 Å². The Morgan fingerprint density at radius 2 is 1.00 bits per heavy atom. The van der Waals surface area contributed by atoms with Crippen LogP contribution in [-0.2, 0) is 0 Å². The molecular weight excluding hydrogens is 193 g/mol. The van der Waals surface area contributed by atoms with E-state index in [1.165, 1.54) is 9.50 Å². The van der Waals surface area contributed by atoms with Gasteiger partial charge < -0.3 is 0 Å². The standard InChI is InChI=1S/C10H20Ge/c1-2-6-9(5-1)11-10-7-3-4-8-10/h9-10H,1-8,11H2. The van der Waals surface area contributed by atoms with Gasteiger partial charge in [-0.3, -0.25) is 0 Å². The average molecular weight is 213 g/mol. The van der Waals surface area contributed by atoms with Gasteiger partial charge in [-0.1, -0.05) is 0 Å². The summed E-state index contributed by atoms with van der Waals surface area (Å²) in [5.74, 6) is 0. The van der Waals surface area contributed by atoms with Gasteiger partial charge in [-0.05, 0) is 0 Å². The van der Waals surface area contributed by atoms with Gasteiger partial charge in [0.05, 0.1) is 0 Å². The van der Waals surface area contributed by atoms with Crippen LogP contribution in [0.3, 0.4) is 0 Å². The summed E-state index contributed by atoms with van der Waals surface area (Å²) in [6.07, 6.45) is 12.8. The van der Waals surface area contributed by atoms with E-state index in [4.69, 9.17) is 0 Å². The molecule has 0 aromatic carbocycles. The van der Waals surface area contributed by atoms with E-state index in [9.17, 15) is 0 Å². The molecular formula is C10H20Ge. The molecule has 2 saturated carbocycles. The molecule has 0 radical (unpaired) electrons. The molecule has 0 atom stereocenters. The van der Waals surface area contributed by atoms with Crippen LogP contribution >= 0.6 is 0 Å². The molecule has 1 heteroatoms. The Bertz CT molecular complexity index is 96.0. The molecule has 0 aliphatic heterocycles. The van der Waals surface area contributed by atoms with Crippen molar-refractivity contribution in [2.75, 3.05) is 0 Å². The topological polar surface area (TPSA) is 0 Å². The van der Waals surface area contributed by atoms with E-state index in [-0.39, 0.29) is 15.4 Å². The molecule has 0 bridgehead atoms. The molecule has 2 fully saturated rings. The molecule has 64 valence electrons. The van der Waals surface area contributed by atoms with Crippen molar-refractivity contribution in [1.29, 1.82) is 0 Å². The monoisotopic (exact) mass is 214 g/mol. The first-order chi connectivity index (χ1) is 5.45. The van der Waals surface area contributed by atoms with E-state index < -0.39 is 0 Å². The van der Waals surface area contributed by atoms with Crippen molar-refractivity contribution in [3.8, 4) is 0 Å². The van der Waals surface area contributed by atoms with Gasteiger partial charge in [0.1, 0.15) is 0 Å². The van der Waals surface area contributed by atoms with Crippen LogP contribution in [-0.4, -0.2) is 15.4 Å². The molecule has 2 aliphatic rings. The van der Waals surface area contributed by atoms with E-state index in [0.29, 0.717) is 0 Å². The summed E-state index contributed by atoms with van der Waals surface area (Å²) in [4.78, 5) is 0. The van der Waals surface area contributed by atoms with Crippen LogP contribution in [0.1, 0.15) is 51.4 Å². The van der Waals surface area contributed by atoms with Gasteiger partial charge >= 0.3 is 76.3 Å². The Labute approximate surface area is 76.6 Å². The molecule has 0 N–H and O–H groups in total. The fraction of sp³-hybridized carbons (Fsp3) is 1.00. The maximum absolute atomic E-state index is 1.64. The van der Waals surface area contributed by atoms with Crippen molar-refractivity contribution < 1.29 is 0 Å². The average Bonchev–Trinajstić information content (AvgIpc) is 2.60. The zero-order chi connectivity index (χ0) is 7.52. The molecule has 0 aromatic heterocycles. The third-order valence-electron chi connectivity index (χ3n) is 3.62. The Kier molecular flexibility index (Phi) is 2.95. The second kappa shape index (κ2) is 3.97. The first-order valence-corrected chi connectivity index (χ1v) is 8.88. The molecule has 0 amide bonds. The summed E-state index contributed by atoms with van der Waals surface area (Å²) in [6, 6.07) is 0. The van der Waals surface area contributed by atoms with Gasteiger partial charge in [0.25, 0.3) is 0 Å². The zero-order valence-electron chi connectivity index (χ0n) is 7.52. The van der Waals surface area contributed by atoms with Gasteiger partial charge in [0.2, 0.25) is 0 Å². The van der Waals surface area contributed by atoms with Crippen LogP contribution in [0.2, 0.25) is 9.50 Å². The van der Waals surface area contributed by atoms with E-state index in [1.807, 2.05) is 0 Å². The molecule has 2 aliphatic carbocycles. The Morgan fingerprint density at radius 1 is 0.636 bits per heavy atom. The predicted molar refractivity (Wildman–Crippen MR) is 53.0 cm³/mol. The first-order valence-electron chi connectivity index (χ1n) is 5.45. The third-order valence-corrected chi connectivity index (χ3v) is 9.84. The van der Waals surface area contributed by atoms with E-state index in [2.05, 4.69) is 0 Å². The number of rotatable bonds is 2. The van der Waals surface area contributed by atoms with Crippen LogP contribution in [0.5, 0.6) is 0 Å². The SMILES string of the molecule is C1CC[CH]([GeH2][CH]2CCCC2)C1. The summed E-state index contributed by atoms with van der Waals surface area (Å²) in [5, 5.41) is 0. The summed E-state index contributed by atoms with van der Waals surface area (Å²) in [5.41, 5.74) is 0. The molecule has 11 heavy (non-hydrogen) atoms. The van der Waals surface area contributed by atoms with Crippen LogP contribution < -0.4 is 0 Å². The molecule has 0 aromatic rings. The Morgan fingerprint density at radius 3 is 1.36 bits per heavy atom. The molecule has 0 spiro atoms. The van der Waals surface area contributed by atoms with Gasteiger partial charge in [-0.25, -0.2) is 0 Å². The number of hydrogen-bond donors (Lipinski definition) is 0. The van der Waals surface area contributed by atoms with Crippen LogP contribution in [0.4, 0.5) is 0 Å². The van der Waals surface area contributed by atoms with E-state index >= 15 is 0 Å². The predicted octanol–water partition coefficient (Wildman–Crippen LogP) is 2.88. The third kappa shape index (κ3) is 2.24. The summed E-state index contributed by atoms with van der Waals surface area (Å²) >= 11 is -0.0625. The molecule has 0 saturated heterocycles. The minimum absolute atomic E-state index is 0.0625. The molecule has 0 heterocycles. The number of hydrogen-bond acceptors (Lipinski definition) is 0. The molecule has 2 rings (SSSR count). The second-order valence-electron chi connectivity index (χ2n) is 4.54. The van der Waals surface area contributed by atoms with Crippen LogP contribution in [0.25, 0.3) is 0 Å². The van der Waals surface area contributed by atoms with E-state index in [0.717, 1.165) is 0 Å². The summed E-state index contributed by atoms with van der Waals surface area (Å²) in [6.45, 7) is 0. The second-order valence-corrected chi connectivity index (χ2v) is 10.4. The van der Waals surface area contributed by atoms with Crippen molar-refractivity contribution >= 4 is 15.4 Å². The van der Waals surface area contributed by atoms with Crippen LogP contribution in [0, 0.1) is 0 Å². The quantitative estimate of drug-likeness (QED) is 0.618. The van der Waals surface area contributed by atoms with Crippen molar-refractivity contribution in [2.45, 2.75) is 60.9 Å². The minimum atomic E-state index is -0.0625. The fourth-order valence-electron chi connectivity index (χ4n) is 2.96. The fourth-order valence-corrected chi connectivity index (χ4v) is 9.34. The van der Waals surface area contributed by atoms with Crippen molar-refractivity contribution in [2.24, 2.45) is 0 Å². The molecule has 0 unspecified atom stereocenters. The van der Waals surface area contributed by atoms with Gasteiger partial charge in [-0.2, -0.15) is 0 Å². The Hall–Kier alpha value is 0.543. The zero-order valence-corrected chi connectivity index (χ0v) is 10.5. The van der Waals surface area contributed by atoms with Gasteiger partial charge in [0, 0.05) is 0 Å². The van der Waals surface area contributed by atoms with Crippen molar-refractivity contribution in [1.82, 2.24) is 0 Å². The van der Waals surface area contributed by atoms with Crippen LogP contribution in [0.15, 0.2) is 0 Å².